The molecular formula is C11H12ClN. The van der Waals surface area contributed by atoms with Crippen molar-refractivity contribution in [2.45, 2.75) is 13.5 Å². The van der Waals surface area contributed by atoms with Crippen LogP contribution in [0.5, 0.6) is 0 Å². The van der Waals surface area contributed by atoms with Gasteiger partial charge in [-0.05, 0) is 24.1 Å². The lowest BCUT2D eigenvalue weighted by Gasteiger charge is -2.03. The van der Waals surface area contributed by atoms with Crippen LogP contribution in [0.2, 0.25) is 5.02 Å². The number of nitrogens with one attached hydrogen (secondary N) is 1. The zero-order chi connectivity index (χ0) is 9.68. The maximum atomic E-state index is 5.89. The third kappa shape index (κ3) is 3.10. The molecule has 68 valence electrons. The third-order valence-corrected chi connectivity index (χ3v) is 2.20. The van der Waals surface area contributed by atoms with E-state index in [0.29, 0.717) is 6.54 Å². The summed E-state index contributed by atoms with van der Waals surface area (Å²) in [5.74, 6) is 2.53. The molecule has 1 aromatic carbocycles. The van der Waals surface area contributed by atoms with Crippen LogP contribution >= 0.6 is 11.6 Å². The van der Waals surface area contributed by atoms with Gasteiger partial charge in [0.25, 0.3) is 0 Å². The van der Waals surface area contributed by atoms with Gasteiger partial charge in [-0.2, -0.15) is 0 Å². The Balaban J connectivity index is 2.59. The molecule has 0 amide bonds. The highest BCUT2D eigenvalue weighted by atomic mass is 35.5. The molecule has 1 N–H and O–H groups in total. The van der Waals surface area contributed by atoms with Gasteiger partial charge in [0.1, 0.15) is 0 Å². The van der Waals surface area contributed by atoms with Gasteiger partial charge in [-0.3, -0.25) is 0 Å². The Hall–Kier alpha value is -0.970. The maximum Gasteiger partial charge on any atom is 0.0576 e. The molecule has 1 rings (SSSR count). The van der Waals surface area contributed by atoms with Gasteiger partial charge in [-0.15, -0.1) is 6.42 Å². The first kappa shape index (κ1) is 10.1. The second-order valence-electron chi connectivity index (χ2n) is 2.89. The number of aryl methyl sites for hydroxylation is 1. The van der Waals surface area contributed by atoms with Crippen LogP contribution in [0.3, 0.4) is 0 Å². The lowest BCUT2D eigenvalue weighted by molar-refractivity contribution is 0.770. The Kier molecular flexibility index (Phi) is 3.82. The molecule has 13 heavy (non-hydrogen) atoms. The lowest BCUT2D eigenvalue weighted by Crippen LogP contribution is -2.12. The van der Waals surface area contributed by atoms with Crippen molar-refractivity contribution in [1.82, 2.24) is 5.32 Å². The van der Waals surface area contributed by atoms with Crippen molar-refractivity contribution in [3.05, 3.63) is 34.3 Å². The SMILES string of the molecule is C#CCNCc1ccc(Cl)c(C)c1. The van der Waals surface area contributed by atoms with Crippen LogP contribution in [-0.2, 0) is 6.54 Å². The van der Waals surface area contributed by atoms with E-state index in [0.717, 1.165) is 17.1 Å². The first-order valence-corrected chi connectivity index (χ1v) is 4.51. The molecule has 0 bridgehead atoms. The quantitative estimate of drug-likeness (QED) is 0.574. The van der Waals surface area contributed by atoms with Crippen molar-refractivity contribution in [1.29, 1.82) is 0 Å². The number of rotatable bonds is 3. The van der Waals surface area contributed by atoms with E-state index in [-0.39, 0.29) is 0 Å². The molecule has 0 saturated heterocycles. The fraction of sp³-hybridized carbons (Fsp3) is 0.273. The summed E-state index contributed by atoms with van der Waals surface area (Å²) in [5.41, 5.74) is 2.30. The monoisotopic (exact) mass is 193 g/mol. The molecule has 0 saturated carbocycles. The highest BCUT2D eigenvalue weighted by Crippen LogP contribution is 2.15. The molecular weight excluding hydrogens is 182 g/mol. The molecule has 0 aliphatic heterocycles. The molecule has 0 aromatic heterocycles. The van der Waals surface area contributed by atoms with E-state index < -0.39 is 0 Å². The predicted octanol–water partition coefficient (Wildman–Crippen LogP) is 2.37. The Morgan fingerprint density at radius 2 is 2.31 bits per heavy atom. The summed E-state index contributed by atoms with van der Waals surface area (Å²) in [4.78, 5) is 0. The third-order valence-electron chi connectivity index (χ3n) is 1.78. The maximum absolute atomic E-state index is 5.89. The first-order valence-electron chi connectivity index (χ1n) is 4.13. The van der Waals surface area contributed by atoms with Crippen LogP contribution in [0.25, 0.3) is 0 Å². The average Bonchev–Trinajstić information content (AvgIpc) is 2.12. The van der Waals surface area contributed by atoms with Crippen molar-refractivity contribution in [3.63, 3.8) is 0 Å². The van der Waals surface area contributed by atoms with E-state index in [1.165, 1.54) is 5.56 Å². The first-order chi connectivity index (χ1) is 6.24. The molecule has 0 fully saturated rings. The van der Waals surface area contributed by atoms with Gasteiger partial charge < -0.3 is 5.32 Å². The minimum atomic E-state index is 0.599. The molecule has 1 nitrogen and oxygen atoms in total. The van der Waals surface area contributed by atoms with E-state index in [4.69, 9.17) is 18.0 Å². The topological polar surface area (TPSA) is 12.0 Å². The average molecular weight is 194 g/mol. The second-order valence-corrected chi connectivity index (χ2v) is 3.30. The van der Waals surface area contributed by atoms with Gasteiger partial charge >= 0.3 is 0 Å². The Labute approximate surface area is 84.1 Å². The highest BCUT2D eigenvalue weighted by Gasteiger charge is 1.96. The van der Waals surface area contributed by atoms with E-state index >= 15 is 0 Å². The van der Waals surface area contributed by atoms with Crippen molar-refractivity contribution < 1.29 is 0 Å². The molecule has 0 heterocycles. The molecule has 0 spiro atoms. The lowest BCUT2D eigenvalue weighted by atomic mass is 10.1. The summed E-state index contributed by atoms with van der Waals surface area (Å²) in [6, 6.07) is 5.97. The van der Waals surface area contributed by atoms with Gasteiger partial charge in [0.15, 0.2) is 0 Å². The summed E-state index contributed by atoms with van der Waals surface area (Å²) in [5, 5.41) is 3.93. The van der Waals surface area contributed by atoms with Crippen LogP contribution in [0.15, 0.2) is 18.2 Å². The second kappa shape index (κ2) is 4.91. The Morgan fingerprint density at radius 1 is 1.54 bits per heavy atom. The number of terminal acetylenes is 1. The van der Waals surface area contributed by atoms with Gasteiger partial charge in [-0.25, -0.2) is 0 Å². The van der Waals surface area contributed by atoms with Crippen molar-refractivity contribution in [2.75, 3.05) is 6.54 Å². The van der Waals surface area contributed by atoms with Gasteiger partial charge in [0.2, 0.25) is 0 Å². The fourth-order valence-corrected chi connectivity index (χ4v) is 1.21. The van der Waals surface area contributed by atoms with E-state index in [1.54, 1.807) is 0 Å². The number of hydrogen-bond donors (Lipinski definition) is 1. The standard InChI is InChI=1S/C11H12ClN/c1-3-6-13-8-10-4-5-11(12)9(2)7-10/h1,4-5,7,13H,6,8H2,2H3. The Bertz CT molecular complexity index is 325. The van der Waals surface area contributed by atoms with Crippen LogP contribution in [-0.4, -0.2) is 6.54 Å². The van der Waals surface area contributed by atoms with Gasteiger partial charge in [0, 0.05) is 11.6 Å². The van der Waals surface area contributed by atoms with Crippen molar-refractivity contribution >= 4 is 11.6 Å². The predicted molar refractivity (Wildman–Crippen MR) is 56.7 cm³/mol. The molecule has 2 heteroatoms. The number of hydrogen-bond acceptors (Lipinski definition) is 1. The van der Waals surface area contributed by atoms with Crippen LogP contribution in [0.1, 0.15) is 11.1 Å². The number of halogens is 1. The zero-order valence-electron chi connectivity index (χ0n) is 7.60. The van der Waals surface area contributed by atoms with Crippen LogP contribution < -0.4 is 5.32 Å². The van der Waals surface area contributed by atoms with Gasteiger partial charge in [0.05, 0.1) is 6.54 Å². The largest absolute Gasteiger partial charge is 0.302 e. The summed E-state index contributed by atoms with van der Waals surface area (Å²) in [6.45, 7) is 3.39. The molecule has 0 aliphatic rings. The van der Waals surface area contributed by atoms with Crippen LogP contribution in [0, 0.1) is 19.3 Å². The molecule has 0 atom stereocenters. The fourth-order valence-electron chi connectivity index (χ4n) is 1.10. The normalized spacial score (nSPS) is 9.62. The van der Waals surface area contributed by atoms with E-state index in [2.05, 4.69) is 17.3 Å². The molecule has 0 unspecified atom stereocenters. The summed E-state index contributed by atoms with van der Waals surface area (Å²) >= 11 is 5.89. The minimum absolute atomic E-state index is 0.599. The summed E-state index contributed by atoms with van der Waals surface area (Å²) in [6.07, 6.45) is 5.11. The van der Waals surface area contributed by atoms with Crippen LogP contribution in [0.4, 0.5) is 0 Å². The minimum Gasteiger partial charge on any atom is -0.302 e. The highest BCUT2D eigenvalue weighted by molar-refractivity contribution is 6.31. The van der Waals surface area contributed by atoms with E-state index in [9.17, 15) is 0 Å². The molecule has 0 radical (unpaired) electrons. The molecule has 1 aromatic rings. The summed E-state index contributed by atoms with van der Waals surface area (Å²) < 4.78 is 0. The smallest absolute Gasteiger partial charge is 0.0576 e. The zero-order valence-corrected chi connectivity index (χ0v) is 8.36. The Morgan fingerprint density at radius 3 is 2.92 bits per heavy atom. The van der Waals surface area contributed by atoms with E-state index in [1.807, 2.05) is 19.1 Å². The van der Waals surface area contributed by atoms with Gasteiger partial charge in [-0.1, -0.05) is 29.7 Å². The van der Waals surface area contributed by atoms with Crippen molar-refractivity contribution in [3.8, 4) is 12.3 Å². The van der Waals surface area contributed by atoms with Crippen molar-refractivity contribution in [2.24, 2.45) is 0 Å². The molecule has 0 aliphatic carbocycles. The summed E-state index contributed by atoms with van der Waals surface area (Å²) in [7, 11) is 0. The number of benzene rings is 1.